The molecule has 2 saturated heterocycles. The van der Waals surface area contributed by atoms with Crippen molar-refractivity contribution in [3.05, 3.63) is 59.7 Å². The van der Waals surface area contributed by atoms with Crippen molar-refractivity contribution in [2.45, 2.75) is 49.9 Å². The Labute approximate surface area is 225 Å². The largest absolute Gasteiger partial charge is 0.389 e. The summed E-state index contributed by atoms with van der Waals surface area (Å²) in [5, 5.41) is 15.0. The molecule has 1 saturated carbocycles. The van der Waals surface area contributed by atoms with Gasteiger partial charge in [0.15, 0.2) is 5.78 Å². The molecule has 204 valence electrons. The lowest BCUT2D eigenvalue weighted by Crippen LogP contribution is -2.56. The van der Waals surface area contributed by atoms with Crippen LogP contribution in [-0.2, 0) is 24.8 Å². The van der Waals surface area contributed by atoms with Crippen LogP contribution in [0.1, 0.15) is 43.2 Å². The molecule has 8 nitrogen and oxygen atoms in total. The summed E-state index contributed by atoms with van der Waals surface area (Å²) < 4.78 is 17.3. The molecule has 2 aromatic carbocycles. The van der Waals surface area contributed by atoms with Crippen molar-refractivity contribution in [3.63, 3.8) is 0 Å². The van der Waals surface area contributed by atoms with Crippen LogP contribution in [0, 0.1) is 17.8 Å². The zero-order chi connectivity index (χ0) is 27.3. The number of carbonyl (C=O) groups is 4. The molecule has 0 spiro atoms. The Kier molecular flexibility index (Phi) is 6.49. The lowest BCUT2D eigenvalue weighted by atomic mass is 9.90. The van der Waals surface area contributed by atoms with E-state index in [9.17, 15) is 24.3 Å². The zero-order valence-corrected chi connectivity index (χ0v) is 21.6. The Morgan fingerprint density at radius 3 is 2.33 bits per heavy atom. The predicted octanol–water partition coefficient (Wildman–Crippen LogP) is 2.08. The van der Waals surface area contributed by atoms with Crippen molar-refractivity contribution in [2.75, 3.05) is 19.7 Å². The van der Waals surface area contributed by atoms with Gasteiger partial charge in [0.1, 0.15) is 12.6 Å². The number of rotatable bonds is 7. The summed E-state index contributed by atoms with van der Waals surface area (Å²) in [4.78, 5) is 54.2. The maximum Gasteiger partial charge on any atom is 0.270 e. The van der Waals surface area contributed by atoms with E-state index in [4.69, 9.17) is 0 Å². The molecule has 2 heterocycles. The number of benzene rings is 2. The highest BCUT2D eigenvalue weighted by Gasteiger charge is 2.58. The number of Topliss-reactive ketones (excluding diaryl/α,β-unsaturated/α-hetero) is 1. The maximum atomic E-state index is 17.3. The Morgan fingerprint density at radius 1 is 1.05 bits per heavy atom. The first-order valence-corrected chi connectivity index (χ1v) is 13.8. The number of amides is 3. The summed E-state index contributed by atoms with van der Waals surface area (Å²) >= 11 is 0. The molecule has 3 N–H and O–H groups in total. The van der Waals surface area contributed by atoms with E-state index in [0.717, 1.165) is 19.3 Å². The van der Waals surface area contributed by atoms with Gasteiger partial charge in [-0.25, -0.2) is 4.39 Å². The Hall–Kier alpha value is -3.59. The van der Waals surface area contributed by atoms with Crippen LogP contribution >= 0.6 is 0 Å². The fourth-order valence-electron chi connectivity index (χ4n) is 7.25. The van der Waals surface area contributed by atoms with E-state index < -0.39 is 47.9 Å². The molecule has 0 unspecified atom stereocenters. The number of alkyl halides is 1. The Morgan fingerprint density at radius 2 is 1.72 bits per heavy atom. The van der Waals surface area contributed by atoms with Gasteiger partial charge in [-0.05, 0) is 48.6 Å². The van der Waals surface area contributed by atoms with Gasteiger partial charge in [0, 0.05) is 30.1 Å². The van der Waals surface area contributed by atoms with Crippen LogP contribution in [0.4, 0.5) is 4.39 Å². The lowest BCUT2D eigenvalue weighted by molar-refractivity contribution is -0.148. The van der Waals surface area contributed by atoms with Crippen molar-refractivity contribution in [3.8, 4) is 11.1 Å². The number of halogens is 1. The maximum absolute atomic E-state index is 17.3. The molecule has 0 bridgehead atoms. The number of ketones is 1. The number of hydrogen-bond acceptors (Lipinski definition) is 5. The lowest BCUT2D eigenvalue weighted by Gasteiger charge is -2.33. The van der Waals surface area contributed by atoms with E-state index >= 15 is 4.39 Å². The number of nitrogens with zero attached hydrogens (tertiary/aromatic N) is 1. The number of nitrogens with one attached hydrogen (secondary N) is 2. The molecule has 5 atom stereocenters. The second-order valence-electron chi connectivity index (χ2n) is 11.2. The van der Waals surface area contributed by atoms with Gasteiger partial charge in [-0.1, -0.05) is 55.0 Å². The molecular weight excluding hydrogens is 501 g/mol. The van der Waals surface area contributed by atoms with E-state index in [2.05, 4.69) is 10.6 Å². The standard InChI is InChI=1S/C30H32FN3O5/c31-30(22-10-3-1-7-20(22)21-8-2-4-11-23(21)30)29(39)34-15-18-6-5-9-19(18)26(34)28(38)33-24(25(36)16-35)14-17-12-13-32-27(17)37/h1-4,7-8,10-11,17-19,24,26,35H,5-6,9,12-16H2,(H,32,37)(H,33,38)/t17-,18+,19+,24-,26-/m0/s1. The van der Waals surface area contributed by atoms with Gasteiger partial charge >= 0.3 is 0 Å². The first-order chi connectivity index (χ1) is 18.8. The molecule has 3 amide bonds. The van der Waals surface area contributed by atoms with Gasteiger partial charge in [-0.15, -0.1) is 0 Å². The van der Waals surface area contributed by atoms with Crippen LogP contribution in [0.5, 0.6) is 0 Å². The summed E-state index contributed by atoms with van der Waals surface area (Å²) in [7, 11) is 0. The molecule has 2 aliphatic heterocycles. The summed E-state index contributed by atoms with van der Waals surface area (Å²) in [6.07, 6.45) is 3.08. The van der Waals surface area contributed by atoms with Crippen molar-refractivity contribution in [1.29, 1.82) is 0 Å². The molecule has 6 rings (SSSR count). The highest BCUT2D eigenvalue weighted by molar-refractivity contribution is 6.01. The third kappa shape index (κ3) is 4.06. The van der Waals surface area contributed by atoms with E-state index in [0.29, 0.717) is 24.1 Å². The van der Waals surface area contributed by atoms with E-state index in [1.807, 2.05) is 12.1 Å². The van der Waals surface area contributed by atoms with Crippen LogP contribution in [-0.4, -0.2) is 65.3 Å². The third-order valence-corrected chi connectivity index (χ3v) is 9.15. The first-order valence-electron chi connectivity index (χ1n) is 13.8. The number of likely N-dealkylation sites (tertiary alicyclic amines) is 1. The number of carbonyl (C=O) groups excluding carboxylic acids is 4. The second kappa shape index (κ2) is 9.86. The van der Waals surface area contributed by atoms with Crippen molar-refractivity contribution in [1.82, 2.24) is 15.5 Å². The van der Waals surface area contributed by atoms with E-state index in [1.165, 1.54) is 4.90 Å². The Balaban J connectivity index is 1.32. The predicted molar refractivity (Wildman–Crippen MR) is 140 cm³/mol. The summed E-state index contributed by atoms with van der Waals surface area (Å²) in [6.45, 7) is -0.0191. The first kappa shape index (κ1) is 25.7. The second-order valence-corrected chi connectivity index (χ2v) is 11.2. The van der Waals surface area contributed by atoms with Crippen molar-refractivity contribution in [2.24, 2.45) is 17.8 Å². The van der Waals surface area contributed by atoms with Crippen LogP contribution in [0.15, 0.2) is 48.5 Å². The van der Waals surface area contributed by atoms with Crippen molar-refractivity contribution < 1.29 is 28.7 Å². The third-order valence-electron chi connectivity index (χ3n) is 9.15. The minimum absolute atomic E-state index is 0.0628. The van der Waals surface area contributed by atoms with Crippen LogP contribution < -0.4 is 10.6 Å². The Bertz CT molecular complexity index is 1300. The molecule has 0 radical (unpaired) electrons. The average molecular weight is 534 g/mol. The number of hydrogen-bond donors (Lipinski definition) is 3. The summed E-state index contributed by atoms with van der Waals surface area (Å²) in [5.41, 5.74) is -0.575. The van der Waals surface area contributed by atoms with E-state index in [-0.39, 0.29) is 41.8 Å². The van der Waals surface area contributed by atoms with Gasteiger partial charge in [0.05, 0.1) is 6.04 Å². The normalized spacial score (nSPS) is 26.9. The molecule has 4 aliphatic rings. The minimum atomic E-state index is -2.44. The minimum Gasteiger partial charge on any atom is -0.389 e. The van der Waals surface area contributed by atoms with Gasteiger partial charge in [-0.2, -0.15) is 0 Å². The smallest absolute Gasteiger partial charge is 0.270 e. The van der Waals surface area contributed by atoms with Gasteiger partial charge in [0.25, 0.3) is 5.91 Å². The quantitative estimate of drug-likeness (QED) is 0.504. The van der Waals surface area contributed by atoms with Crippen molar-refractivity contribution >= 4 is 23.5 Å². The number of fused-ring (bicyclic) bond motifs is 4. The molecule has 2 aromatic rings. The van der Waals surface area contributed by atoms with Crippen LogP contribution in [0.25, 0.3) is 11.1 Å². The monoisotopic (exact) mass is 533 g/mol. The van der Waals surface area contributed by atoms with Crippen LogP contribution in [0.2, 0.25) is 0 Å². The van der Waals surface area contributed by atoms with Gasteiger partial charge in [-0.3, -0.25) is 19.2 Å². The fourth-order valence-corrected chi connectivity index (χ4v) is 7.25. The highest BCUT2D eigenvalue weighted by atomic mass is 19.1. The van der Waals surface area contributed by atoms with Gasteiger partial charge < -0.3 is 20.6 Å². The zero-order valence-electron chi connectivity index (χ0n) is 21.6. The average Bonchev–Trinajstić information content (AvgIpc) is 3.71. The fraction of sp³-hybridized carbons (Fsp3) is 0.467. The SMILES string of the molecule is O=C1NCC[C@H]1C[C@H](NC(=O)[C@@H]1[C@@H]2CCC[C@@H]2CN1C(=O)C1(F)c2ccccc2-c2ccccc21)C(=O)CO. The molecule has 0 aromatic heterocycles. The number of aliphatic hydroxyl groups excluding tert-OH is 1. The van der Waals surface area contributed by atoms with Crippen LogP contribution in [0.3, 0.4) is 0 Å². The summed E-state index contributed by atoms with van der Waals surface area (Å²) in [5.74, 6) is -2.63. The molecule has 9 heteroatoms. The van der Waals surface area contributed by atoms with E-state index in [1.54, 1.807) is 36.4 Å². The number of aliphatic hydroxyl groups is 1. The topological polar surface area (TPSA) is 116 Å². The highest BCUT2D eigenvalue weighted by Crippen LogP contribution is 2.52. The molecule has 3 fully saturated rings. The molecular formula is C30H32FN3O5. The molecule has 2 aliphatic carbocycles. The molecule has 39 heavy (non-hydrogen) atoms. The van der Waals surface area contributed by atoms with Gasteiger partial charge in [0.2, 0.25) is 17.5 Å². The summed E-state index contributed by atoms with van der Waals surface area (Å²) in [6, 6.07) is 11.9.